The van der Waals surface area contributed by atoms with Crippen molar-refractivity contribution < 1.29 is 18.1 Å². The number of sulfonamides is 1. The van der Waals surface area contributed by atoms with Gasteiger partial charge in [0.15, 0.2) is 0 Å². The van der Waals surface area contributed by atoms with E-state index in [1.807, 2.05) is 0 Å². The Labute approximate surface area is 155 Å². The van der Waals surface area contributed by atoms with Crippen molar-refractivity contribution >= 4 is 38.9 Å². The van der Waals surface area contributed by atoms with E-state index in [1.54, 1.807) is 13.8 Å². The summed E-state index contributed by atoms with van der Waals surface area (Å²) in [7, 11) is -3.64. The Hall–Kier alpha value is -2.49. The van der Waals surface area contributed by atoms with Crippen molar-refractivity contribution in [1.82, 2.24) is 4.72 Å². The van der Waals surface area contributed by atoms with Crippen LogP contribution in [0.2, 0.25) is 5.02 Å². The van der Waals surface area contributed by atoms with E-state index in [0.717, 1.165) is 6.07 Å². The highest BCUT2D eigenvalue weighted by Crippen LogP contribution is 2.23. The third-order valence-corrected chi connectivity index (χ3v) is 5.22. The second-order valence-corrected chi connectivity index (χ2v) is 7.80. The summed E-state index contributed by atoms with van der Waals surface area (Å²) < 4.78 is 26.6. The molecule has 0 atom stereocenters. The first-order valence-electron chi connectivity index (χ1n) is 7.48. The topological polar surface area (TPSA) is 118 Å². The Morgan fingerprint density at radius 3 is 2.31 bits per heavy atom. The molecule has 0 aliphatic rings. The lowest BCUT2D eigenvalue weighted by molar-refractivity contribution is -0.384. The number of anilines is 1. The first-order chi connectivity index (χ1) is 12.1. The molecule has 0 bridgehead atoms. The number of rotatable bonds is 6. The predicted molar refractivity (Wildman–Crippen MR) is 98.0 cm³/mol. The molecule has 1 amide bonds. The monoisotopic (exact) mass is 397 g/mol. The molecule has 0 spiro atoms. The smallest absolute Gasteiger partial charge is 0.270 e. The first-order valence-corrected chi connectivity index (χ1v) is 9.34. The SMILES string of the molecule is CC(C)NS(=O)(=O)c1ccc(NC(=O)c2cc([N+](=O)[O-])ccc2Cl)cc1. The standard InChI is InChI=1S/C16H16ClN3O5S/c1-10(2)19-26(24,25)13-6-3-11(4-7-13)18-16(21)14-9-12(20(22)23)5-8-15(14)17/h3-10,19H,1-2H3,(H,18,21). The van der Waals surface area contributed by atoms with Crippen LogP contribution in [0.4, 0.5) is 11.4 Å². The summed E-state index contributed by atoms with van der Waals surface area (Å²) in [6.07, 6.45) is 0. The number of amides is 1. The van der Waals surface area contributed by atoms with Crippen LogP contribution < -0.4 is 10.0 Å². The first kappa shape index (κ1) is 19.8. The van der Waals surface area contributed by atoms with Crippen LogP contribution in [0.15, 0.2) is 47.4 Å². The molecule has 10 heteroatoms. The van der Waals surface area contributed by atoms with Crippen molar-refractivity contribution in [2.75, 3.05) is 5.32 Å². The van der Waals surface area contributed by atoms with Crippen molar-refractivity contribution in [2.45, 2.75) is 24.8 Å². The van der Waals surface area contributed by atoms with E-state index in [9.17, 15) is 23.3 Å². The normalized spacial score (nSPS) is 11.4. The van der Waals surface area contributed by atoms with Crippen LogP contribution in [-0.2, 0) is 10.0 Å². The predicted octanol–water partition coefficient (Wildman–Crippen LogP) is 3.19. The number of nitro benzene ring substituents is 1. The number of carbonyl (C=O) groups is 1. The van der Waals surface area contributed by atoms with Crippen molar-refractivity contribution in [3.8, 4) is 0 Å². The molecule has 138 valence electrons. The largest absolute Gasteiger partial charge is 0.322 e. The molecule has 0 aromatic heterocycles. The van der Waals surface area contributed by atoms with Gasteiger partial charge in [0.05, 0.1) is 20.4 Å². The Morgan fingerprint density at radius 1 is 1.15 bits per heavy atom. The molecule has 0 aliphatic heterocycles. The molecule has 0 radical (unpaired) electrons. The van der Waals surface area contributed by atoms with Crippen molar-refractivity contribution in [3.63, 3.8) is 0 Å². The molecule has 0 unspecified atom stereocenters. The van der Waals surface area contributed by atoms with Crippen molar-refractivity contribution in [2.24, 2.45) is 0 Å². The molecular formula is C16H16ClN3O5S. The van der Waals surface area contributed by atoms with Crippen LogP contribution >= 0.6 is 11.6 Å². The summed E-state index contributed by atoms with van der Waals surface area (Å²) in [6.45, 7) is 3.41. The maximum atomic E-state index is 12.3. The summed E-state index contributed by atoms with van der Waals surface area (Å²) in [6, 6.07) is 8.79. The summed E-state index contributed by atoms with van der Waals surface area (Å²) >= 11 is 5.92. The number of nitrogens with zero attached hydrogens (tertiary/aromatic N) is 1. The lowest BCUT2D eigenvalue weighted by Crippen LogP contribution is -2.30. The lowest BCUT2D eigenvalue weighted by Gasteiger charge is -2.11. The van der Waals surface area contributed by atoms with Gasteiger partial charge < -0.3 is 5.32 Å². The van der Waals surface area contributed by atoms with Crippen LogP contribution in [0.3, 0.4) is 0 Å². The number of benzene rings is 2. The number of carbonyl (C=O) groups excluding carboxylic acids is 1. The zero-order valence-electron chi connectivity index (χ0n) is 13.9. The molecule has 2 aromatic rings. The van der Waals surface area contributed by atoms with Crippen molar-refractivity contribution in [3.05, 3.63) is 63.2 Å². The van der Waals surface area contributed by atoms with E-state index in [0.29, 0.717) is 5.69 Å². The minimum atomic E-state index is -3.64. The number of hydrogen-bond acceptors (Lipinski definition) is 5. The van der Waals surface area contributed by atoms with Gasteiger partial charge >= 0.3 is 0 Å². The van der Waals surface area contributed by atoms with Crippen LogP contribution in [-0.4, -0.2) is 25.3 Å². The maximum Gasteiger partial charge on any atom is 0.270 e. The minimum Gasteiger partial charge on any atom is -0.322 e. The van der Waals surface area contributed by atoms with Gasteiger partial charge in [-0.25, -0.2) is 13.1 Å². The Balaban J connectivity index is 2.21. The van der Waals surface area contributed by atoms with Crippen molar-refractivity contribution in [1.29, 1.82) is 0 Å². The van der Waals surface area contributed by atoms with Gasteiger partial charge in [0.25, 0.3) is 11.6 Å². The van der Waals surface area contributed by atoms with Gasteiger partial charge in [-0.15, -0.1) is 0 Å². The molecule has 26 heavy (non-hydrogen) atoms. The van der Waals surface area contributed by atoms with Gasteiger partial charge in [-0.2, -0.15) is 0 Å². The summed E-state index contributed by atoms with van der Waals surface area (Å²) in [5, 5.41) is 13.4. The summed E-state index contributed by atoms with van der Waals surface area (Å²) in [5.74, 6) is -0.644. The number of halogens is 1. The molecule has 0 fully saturated rings. The minimum absolute atomic E-state index is 0.0533. The molecule has 0 aliphatic carbocycles. The zero-order valence-corrected chi connectivity index (χ0v) is 15.5. The average Bonchev–Trinajstić information content (AvgIpc) is 2.54. The van der Waals surface area contributed by atoms with E-state index in [1.165, 1.54) is 36.4 Å². The number of hydrogen-bond donors (Lipinski definition) is 2. The van der Waals surface area contributed by atoms with Gasteiger partial charge in [0.1, 0.15) is 0 Å². The van der Waals surface area contributed by atoms with Crippen LogP contribution in [0.5, 0.6) is 0 Å². The quantitative estimate of drug-likeness (QED) is 0.573. The number of non-ortho nitro benzene ring substituents is 1. The molecule has 2 aromatic carbocycles. The van der Waals surface area contributed by atoms with E-state index in [2.05, 4.69) is 10.0 Å². The van der Waals surface area contributed by atoms with E-state index >= 15 is 0 Å². The fourth-order valence-electron chi connectivity index (χ4n) is 2.10. The molecule has 2 rings (SSSR count). The highest BCUT2D eigenvalue weighted by molar-refractivity contribution is 7.89. The van der Waals surface area contributed by atoms with Crippen LogP contribution in [0.25, 0.3) is 0 Å². The molecule has 0 saturated carbocycles. The lowest BCUT2D eigenvalue weighted by atomic mass is 10.2. The summed E-state index contributed by atoms with van der Waals surface area (Å²) in [4.78, 5) is 22.5. The van der Waals surface area contributed by atoms with E-state index in [-0.39, 0.29) is 27.2 Å². The van der Waals surface area contributed by atoms with Gasteiger partial charge in [0.2, 0.25) is 10.0 Å². The fraction of sp³-hybridized carbons (Fsp3) is 0.188. The maximum absolute atomic E-state index is 12.3. The second-order valence-electron chi connectivity index (χ2n) is 5.68. The van der Waals surface area contributed by atoms with Gasteiger partial charge in [0, 0.05) is 23.9 Å². The zero-order chi connectivity index (χ0) is 19.5. The third-order valence-electron chi connectivity index (χ3n) is 3.22. The molecule has 2 N–H and O–H groups in total. The summed E-state index contributed by atoms with van der Waals surface area (Å²) in [5.41, 5.74) is 0.000796. The average molecular weight is 398 g/mol. The Bertz CT molecular complexity index is 943. The second kappa shape index (κ2) is 7.81. The van der Waals surface area contributed by atoms with Gasteiger partial charge in [-0.3, -0.25) is 14.9 Å². The van der Waals surface area contributed by atoms with Crippen LogP contribution in [0.1, 0.15) is 24.2 Å². The van der Waals surface area contributed by atoms with E-state index in [4.69, 9.17) is 11.6 Å². The molecule has 8 nitrogen and oxygen atoms in total. The Kier molecular flexibility index (Phi) is 5.96. The molecule has 0 heterocycles. The highest BCUT2D eigenvalue weighted by Gasteiger charge is 2.17. The molecular weight excluding hydrogens is 382 g/mol. The third kappa shape index (κ3) is 4.78. The number of nitro groups is 1. The van der Waals surface area contributed by atoms with Gasteiger partial charge in [-0.1, -0.05) is 11.6 Å². The van der Waals surface area contributed by atoms with E-state index < -0.39 is 20.9 Å². The van der Waals surface area contributed by atoms with Gasteiger partial charge in [-0.05, 0) is 44.2 Å². The number of nitrogens with one attached hydrogen (secondary N) is 2. The highest BCUT2D eigenvalue weighted by atomic mass is 35.5. The fourth-order valence-corrected chi connectivity index (χ4v) is 3.55. The molecule has 0 saturated heterocycles. The Morgan fingerprint density at radius 2 is 1.77 bits per heavy atom. The van der Waals surface area contributed by atoms with Crippen LogP contribution in [0, 0.1) is 10.1 Å².